The van der Waals surface area contributed by atoms with E-state index in [0.717, 1.165) is 22.4 Å². The Bertz CT molecular complexity index is 903. The van der Waals surface area contributed by atoms with E-state index < -0.39 is 0 Å². The van der Waals surface area contributed by atoms with Crippen molar-refractivity contribution in [3.8, 4) is 5.75 Å². The van der Waals surface area contributed by atoms with Gasteiger partial charge in [0.25, 0.3) is 0 Å². The van der Waals surface area contributed by atoms with Gasteiger partial charge in [-0.15, -0.1) is 0 Å². The van der Waals surface area contributed by atoms with E-state index >= 15 is 0 Å². The second-order valence-corrected chi connectivity index (χ2v) is 6.27. The monoisotopic (exact) mass is 358 g/mol. The molecule has 0 unspecified atom stereocenters. The highest BCUT2D eigenvalue weighted by Gasteiger charge is 2.03. The highest BCUT2D eigenvalue weighted by atomic mass is 16.5. The minimum Gasteiger partial charge on any atom is -0.488 e. The number of nitrogens with zero attached hydrogens (tertiary/aromatic N) is 1. The second-order valence-electron chi connectivity index (χ2n) is 6.27. The van der Waals surface area contributed by atoms with Gasteiger partial charge in [0.1, 0.15) is 12.4 Å². The molecule has 0 saturated carbocycles. The lowest BCUT2D eigenvalue weighted by Gasteiger charge is -2.09. The maximum Gasteiger partial charge on any atom is 0.244 e. The smallest absolute Gasteiger partial charge is 0.244 e. The normalized spacial score (nSPS) is 10.7. The van der Waals surface area contributed by atoms with E-state index in [1.165, 1.54) is 5.56 Å². The molecule has 1 amide bonds. The van der Waals surface area contributed by atoms with Crippen LogP contribution in [0, 0.1) is 6.92 Å². The van der Waals surface area contributed by atoms with Crippen LogP contribution in [0.15, 0.2) is 84.0 Å². The predicted molar refractivity (Wildman–Crippen MR) is 108 cm³/mol. The first-order valence-electron chi connectivity index (χ1n) is 8.84. The minimum absolute atomic E-state index is 0.157. The van der Waals surface area contributed by atoms with E-state index in [2.05, 4.69) is 41.7 Å². The Morgan fingerprint density at radius 1 is 0.926 bits per heavy atom. The Morgan fingerprint density at radius 2 is 1.63 bits per heavy atom. The summed E-state index contributed by atoms with van der Waals surface area (Å²) in [5.74, 6) is 0.564. The average molecular weight is 358 g/mol. The molecule has 1 N–H and O–H groups in total. The summed E-state index contributed by atoms with van der Waals surface area (Å²) in [5.41, 5.74) is 6.64. The van der Waals surface area contributed by atoms with E-state index in [-0.39, 0.29) is 5.91 Å². The van der Waals surface area contributed by atoms with Gasteiger partial charge in [-0.3, -0.25) is 4.79 Å². The quantitative estimate of drug-likeness (QED) is 0.507. The summed E-state index contributed by atoms with van der Waals surface area (Å²) in [4.78, 5) is 12.0. The Labute approximate surface area is 159 Å². The summed E-state index contributed by atoms with van der Waals surface area (Å²) in [7, 11) is 0. The fourth-order valence-electron chi connectivity index (χ4n) is 2.56. The molecule has 3 aromatic carbocycles. The number of amides is 1. The molecule has 0 saturated heterocycles. The maximum absolute atomic E-state index is 12.0. The molecule has 3 aromatic rings. The van der Waals surface area contributed by atoms with Crippen molar-refractivity contribution in [2.75, 3.05) is 0 Å². The van der Waals surface area contributed by atoms with Crippen LogP contribution in [-0.2, 0) is 17.8 Å². The summed E-state index contributed by atoms with van der Waals surface area (Å²) < 4.78 is 5.91. The highest BCUT2D eigenvalue weighted by Crippen LogP contribution is 2.17. The Morgan fingerprint density at radius 3 is 2.41 bits per heavy atom. The summed E-state index contributed by atoms with van der Waals surface area (Å²) in [6, 6.07) is 25.4. The maximum atomic E-state index is 12.0. The molecular formula is C23H22N2O2. The van der Waals surface area contributed by atoms with Gasteiger partial charge in [0.05, 0.1) is 12.6 Å². The molecule has 27 heavy (non-hydrogen) atoms. The van der Waals surface area contributed by atoms with Crippen molar-refractivity contribution in [3.63, 3.8) is 0 Å². The van der Waals surface area contributed by atoms with Gasteiger partial charge in [0.15, 0.2) is 0 Å². The Balaban J connectivity index is 1.57. The Kier molecular flexibility index (Phi) is 6.36. The number of ether oxygens (including phenoxy) is 1. The molecule has 0 fully saturated rings. The van der Waals surface area contributed by atoms with E-state index in [4.69, 9.17) is 4.74 Å². The van der Waals surface area contributed by atoms with Gasteiger partial charge in [-0.2, -0.15) is 5.10 Å². The van der Waals surface area contributed by atoms with Crippen molar-refractivity contribution in [3.05, 3.63) is 101 Å². The summed E-state index contributed by atoms with van der Waals surface area (Å²) in [6.45, 7) is 2.54. The number of benzene rings is 3. The van der Waals surface area contributed by atoms with Crippen molar-refractivity contribution < 1.29 is 9.53 Å². The van der Waals surface area contributed by atoms with Crippen LogP contribution in [0.25, 0.3) is 0 Å². The average Bonchev–Trinajstić information content (AvgIpc) is 2.69. The number of hydrogen-bond acceptors (Lipinski definition) is 3. The van der Waals surface area contributed by atoms with E-state index in [1.54, 1.807) is 6.21 Å². The van der Waals surface area contributed by atoms with Crippen molar-refractivity contribution >= 4 is 12.1 Å². The fraction of sp³-hybridized carbons (Fsp3) is 0.130. The summed E-state index contributed by atoms with van der Waals surface area (Å²) in [5, 5.41) is 4.06. The lowest BCUT2D eigenvalue weighted by atomic mass is 10.1. The zero-order chi connectivity index (χ0) is 18.9. The van der Waals surface area contributed by atoms with Crippen LogP contribution in [0.4, 0.5) is 0 Å². The topological polar surface area (TPSA) is 50.7 Å². The molecule has 0 aromatic heterocycles. The van der Waals surface area contributed by atoms with Gasteiger partial charge in [-0.1, -0.05) is 72.3 Å². The van der Waals surface area contributed by atoms with Crippen LogP contribution in [0.1, 0.15) is 22.3 Å². The molecular weight excluding hydrogens is 336 g/mol. The van der Waals surface area contributed by atoms with Crippen LogP contribution in [0.2, 0.25) is 0 Å². The Hall–Kier alpha value is -3.40. The molecule has 0 atom stereocenters. The van der Waals surface area contributed by atoms with Crippen LogP contribution in [0.3, 0.4) is 0 Å². The standard InChI is InChI=1S/C23H22N2O2/c1-18-11-13-20(14-12-18)17-27-22-10-6-5-9-21(22)16-24-25-23(26)15-19-7-3-2-4-8-19/h2-14,16H,15,17H2,1H3,(H,25,26)/b24-16+. The molecule has 136 valence electrons. The third kappa shape index (κ3) is 5.82. The van der Waals surface area contributed by atoms with E-state index in [0.29, 0.717) is 13.0 Å². The molecule has 0 radical (unpaired) electrons. The molecule has 0 aliphatic heterocycles. The number of hydrazone groups is 1. The molecule has 4 nitrogen and oxygen atoms in total. The lowest BCUT2D eigenvalue weighted by molar-refractivity contribution is -0.120. The van der Waals surface area contributed by atoms with Gasteiger partial charge >= 0.3 is 0 Å². The number of para-hydroxylation sites is 1. The first-order chi connectivity index (χ1) is 13.2. The second kappa shape index (κ2) is 9.34. The first kappa shape index (κ1) is 18.4. The van der Waals surface area contributed by atoms with Gasteiger partial charge in [0.2, 0.25) is 5.91 Å². The van der Waals surface area contributed by atoms with Crippen molar-refractivity contribution in [1.82, 2.24) is 5.43 Å². The molecule has 0 aliphatic rings. The number of aryl methyl sites for hydroxylation is 1. The molecule has 0 bridgehead atoms. The molecule has 0 spiro atoms. The van der Waals surface area contributed by atoms with Gasteiger partial charge in [-0.05, 0) is 30.2 Å². The SMILES string of the molecule is Cc1ccc(COc2ccccc2/C=N/NC(=O)Cc2ccccc2)cc1. The summed E-state index contributed by atoms with van der Waals surface area (Å²) in [6.07, 6.45) is 1.90. The molecule has 0 heterocycles. The predicted octanol–water partition coefficient (Wildman–Crippen LogP) is 4.27. The van der Waals surface area contributed by atoms with Crippen molar-refractivity contribution in [2.45, 2.75) is 20.0 Å². The van der Waals surface area contributed by atoms with Gasteiger partial charge in [0, 0.05) is 5.56 Å². The lowest BCUT2D eigenvalue weighted by Crippen LogP contribution is -2.19. The van der Waals surface area contributed by atoms with Crippen LogP contribution < -0.4 is 10.2 Å². The minimum atomic E-state index is -0.157. The zero-order valence-corrected chi connectivity index (χ0v) is 15.3. The van der Waals surface area contributed by atoms with E-state index in [1.807, 2.05) is 54.6 Å². The highest BCUT2D eigenvalue weighted by molar-refractivity contribution is 5.85. The van der Waals surface area contributed by atoms with Crippen molar-refractivity contribution in [1.29, 1.82) is 0 Å². The number of rotatable bonds is 7. The molecule has 0 aliphatic carbocycles. The molecule has 4 heteroatoms. The summed E-state index contributed by atoms with van der Waals surface area (Å²) >= 11 is 0. The van der Waals surface area contributed by atoms with Crippen LogP contribution in [-0.4, -0.2) is 12.1 Å². The van der Waals surface area contributed by atoms with Crippen molar-refractivity contribution in [2.24, 2.45) is 5.10 Å². The number of carbonyl (C=O) groups is 1. The van der Waals surface area contributed by atoms with Gasteiger partial charge in [-0.25, -0.2) is 5.43 Å². The first-order valence-corrected chi connectivity index (χ1v) is 8.84. The fourth-order valence-corrected chi connectivity index (χ4v) is 2.56. The van der Waals surface area contributed by atoms with E-state index in [9.17, 15) is 4.79 Å². The number of nitrogens with one attached hydrogen (secondary N) is 1. The van der Waals surface area contributed by atoms with Crippen LogP contribution in [0.5, 0.6) is 5.75 Å². The molecule has 3 rings (SSSR count). The number of carbonyl (C=O) groups excluding carboxylic acids is 1. The third-order valence-electron chi connectivity index (χ3n) is 4.03. The zero-order valence-electron chi connectivity index (χ0n) is 15.3. The third-order valence-corrected chi connectivity index (χ3v) is 4.03. The van der Waals surface area contributed by atoms with Crippen LogP contribution >= 0.6 is 0 Å². The largest absolute Gasteiger partial charge is 0.488 e. The number of hydrogen-bond donors (Lipinski definition) is 1. The van der Waals surface area contributed by atoms with Gasteiger partial charge < -0.3 is 4.74 Å².